The zero-order valence-corrected chi connectivity index (χ0v) is 17.8. The molecule has 0 unspecified atom stereocenters. The Hall–Kier alpha value is -3.42. The molecule has 2 aromatic heterocycles. The molecule has 8 heteroatoms. The van der Waals surface area contributed by atoms with Crippen LogP contribution in [0.3, 0.4) is 0 Å². The van der Waals surface area contributed by atoms with E-state index in [-0.39, 0.29) is 5.82 Å². The van der Waals surface area contributed by atoms with Gasteiger partial charge >= 0.3 is 0 Å². The summed E-state index contributed by atoms with van der Waals surface area (Å²) in [6.07, 6.45) is 4.78. The molecule has 2 atom stereocenters. The highest BCUT2D eigenvalue weighted by Gasteiger charge is 2.39. The normalized spacial score (nSPS) is 24.5. The minimum absolute atomic E-state index is 0.141. The molecule has 0 saturated heterocycles. The first-order chi connectivity index (χ1) is 17.7. The maximum Gasteiger partial charge on any atom is 0.178 e. The Morgan fingerprint density at radius 2 is 1.26 bits per heavy atom. The molecule has 2 aliphatic heterocycles. The number of fused-ring (bicyclic) bond motifs is 2. The molecule has 31 heavy (non-hydrogen) atoms. The first kappa shape index (κ1) is 13.1. The van der Waals surface area contributed by atoms with Crippen molar-refractivity contribution in [2.75, 3.05) is 32.6 Å². The molecule has 5 rings (SSSR count). The van der Waals surface area contributed by atoms with Crippen LogP contribution < -0.4 is 19.6 Å². The van der Waals surface area contributed by atoms with E-state index in [0.717, 1.165) is 16.2 Å². The molecule has 1 aromatic carbocycles. The third kappa shape index (κ3) is 2.74. The highest BCUT2D eigenvalue weighted by Crippen LogP contribution is 2.47. The molecule has 4 heterocycles. The first-order valence-electron chi connectivity index (χ1n) is 13.6. The van der Waals surface area contributed by atoms with Crippen molar-refractivity contribution < 1.29 is 9.60 Å². The molecule has 0 spiro atoms. The molecule has 0 radical (unpaired) electrons. The summed E-state index contributed by atoms with van der Waals surface area (Å²) in [6, 6.07) is 5.60. The third-order valence-corrected chi connectivity index (χ3v) is 5.89. The lowest BCUT2D eigenvalue weighted by Crippen LogP contribution is -2.40. The second kappa shape index (κ2) is 7.37. The average Bonchev–Trinajstić information content (AvgIpc) is 3.29. The van der Waals surface area contributed by atoms with Gasteiger partial charge in [-0.05, 0) is 52.2 Å². The van der Waals surface area contributed by atoms with Crippen molar-refractivity contribution in [1.29, 1.82) is 0 Å². The van der Waals surface area contributed by atoms with Crippen molar-refractivity contribution in [2.45, 2.75) is 46.9 Å². The minimum Gasteiger partial charge on any atom is -0.333 e. The number of anilines is 6. The standard InChI is InChI=1S/C23H28N8/c1-6-28-16(4)30(22-20(28)24-11-13-26-22)18-9-8-10-19(15(18)3)31-17(5)29(7-2)21-23(31)27-14-12-25-21/h8-14,16-17H,6-7H2,1-5H3/t16-,17+/i1D3,6D2,7D2/m1/s1. The third-order valence-electron chi connectivity index (χ3n) is 5.89. The van der Waals surface area contributed by atoms with Crippen LogP contribution in [-0.2, 0) is 0 Å². The van der Waals surface area contributed by atoms with E-state index < -0.39 is 32.2 Å². The van der Waals surface area contributed by atoms with E-state index in [2.05, 4.69) is 19.9 Å². The van der Waals surface area contributed by atoms with Crippen LogP contribution in [0.15, 0.2) is 43.0 Å². The maximum absolute atomic E-state index is 8.48. The van der Waals surface area contributed by atoms with Crippen LogP contribution in [0.2, 0.25) is 0 Å². The summed E-state index contributed by atoms with van der Waals surface area (Å²) in [7, 11) is 0. The highest BCUT2D eigenvalue weighted by molar-refractivity contribution is 5.85. The molecule has 2 aliphatic rings. The Labute approximate surface area is 193 Å². The zero-order chi connectivity index (χ0) is 27.8. The Morgan fingerprint density at radius 3 is 1.71 bits per heavy atom. The molecule has 0 fully saturated rings. The lowest BCUT2D eigenvalue weighted by molar-refractivity contribution is 0.679. The fraction of sp³-hybridized carbons (Fsp3) is 0.391. The van der Waals surface area contributed by atoms with Gasteiger partial charge in [0.2, 0.25) is 0 Å². The minimum atomic E-state index is -2.93. The fourth-order valence-corrected chi connectivity index (χ4v) is 4.47. The van der Waals surface area contributed by atoms with Crippen molar-refractivity contribution in [2.24, 2.45) is 0 Å². The van der Waals surface area contributed by atoms with Gasteiger partial charge in [0.25, 0.3) is 0 Å². The Balaban J connectivity index is 1.64. The maximum atomic E-state index is 8.48. The lowest BCUT2D eigenvalue weighted by atomic mass is 10.1. The quantitative estimate of drug-likeness (QED) is 0.618. The van der Waals surface area contributed by atoms with Crippen LogP contribution in [0, 0.1) is 6.92 Å². The van der Waals surface area contributed by atoms with E-state index in [0.29, 0.717) is 23.1 Å². The average molecular weight is 424 g/mol. The summed E-state index contributed by atoms with van der Waals surface area (Å²) >= 11 is 0. The molecule has 160 valence electrons. The van der Waals surface area contributed by atoms with Crippen LogP contribution in [0.5, 0.6) is 0 Å². The van der Waals surface area contributed by atoms with Crippen molar-refractivity contribution in [3.05, 3.63) is 48.5 Å². The molecule has 0 N–H and O–H groups in total. The molecule has 3 aromatic rings. The second-order valence-corrected chi connectivity index (χ2v) is 7.41. The molecular weight excluding hydrogens is 388 g/mol. The molecular formula is C23H28N8. The Morgan fingerprint density at radius 1 is 0.806 bits per heavy atom. The fourth-order valence-electron chi connectivity index (χ4n) is 4.47. The summed E-state index contributed by atoms with van der Waals surface area (Å²) in [6.45, 7) is -0.371. The summed E-state index contributed by atoms with van der Waals surface area (Å²) in [5, 5.41) is 0. The Kier molecular flexibility index (Phi) is 3.11. The van der Waals surface area contributed by atoms with Gasteiger partial charge in [0.15, 0.2) is 23.3 Å². The van der Waals surface area contributed by atoms with Crippen LogP contribution >= 0.6 is 0 Å². The number of nitrogens with zero attached hydrogens (tertiary/aromatic N) is 8. The first-order valence-corrected chi connectivity index (χ1v) is 10.1. The largest absolute Gasteiger partial charge is 0.333 e. The van der Waals surface area contributed by atoms with E-state index in [9.17, 15) is 0 Å². The lowest BCUT2D eigenvalue weighted by Gasteiger charge is -2.33. The van der Waals surface area contributed by atoms with E-state index >= 15 is 0 Å². The topological polar surface area (TPSA) is 64.5 Å². The van der Waals surface area contributed by atoms with Crippen LogP contribution in [-0.4, -0.2) is 45.3 Å². The summed E-state index contributed by atoms with van der Waals surface area (Å²) in [4.78, 5) is 24.1. The van der Waals surface area contributed by atoms with Gasteiger partial charge in [-0.25, -0.2) is 19.9 Å². The van der Waals surface area contributed by atoms with Gasteiger partial charge in [-0.3, -0.25) is 0 Å². The van der Waals surface area contributed by atoms with E-state index in [4.69, 9.17) is 9.60 Å². The van der Waals surface area contributed by atoms with Gasteiger partial charge in [0.1, 0.15) is 12.3 Å². The van der Waals surface area contributed by atoms with Crippen molar-refractivity contribution in [1.82, 2.24) is 19.9 Å². The van der Waals surface area contributed by atoms with E-state index in [1.165, 1.54) is 25.5 Å². The van der Waals surface area contributed by atoms with Gasteiger partial charge in [-0.15, -0.1) is 0 Å². The van der Waals surface area contributed by atoms with Gasteiger partial charge in [0.05, 0.1) is 0 Å². The monoisotopic (exact) mass is 423 g/mol. The van der Waals surface area contributed by atoms with Crippen molar-refractivity contribution >= 4 is 34.6 Å². The predicted molar refractivity (Wildman–Crippen MR) is 124 cm³/mol. The molecule has 0 aliphatic carbocycles. The number of hydrogen-bond donors (Lipinski definition) is 0. The van der Waals surface area contributed by atoms with E-state index in [1.807, 2.05) is 36.9 Å². The van der Waals surface area contributed by atoms with Crippen LogP contribution in [0.25, 0.3) is 0 Å². The molecule has 0 amide bonds. The number of aromatic nitrogens is 4. The van der Waals surface area contributed by atoms with Gasteiger partial charge in [-0.1, -0.05) is 6.07 Å². The van der Waals surface area contributed by atoms with Crippen LogP contribution in [0.4, 0.5) is 34.6 Å². The van der Waals surface area contributed by atoms with E-state index in [1.54, 1.807) is 22.9 Å². The summed E-state index contributed by atoms with van der Waals surface area (Å²) in [5.41, 5.74) is 2.21. The number of hydrogen-bond acceptors (Lipinski definition) is 8. The summed E-state index contributed by atoms with van der Waals surface area (Å²) in [5.74, 6) is 1.43. The van der Waals surface area contributed by atoms with Gasteiger partial charge in [0, 0.05) is 58.8 Å². The zero-order valence-electron chi connectivity index (χ0n) is 24.8. The highest BCUT2D eigenvalue weighted by atomic mass is 15.5. The summed E-state index contributed by atoms with van der Waals surface area (Å²) < 4.78 is 57.3. The van der Waals surface area contributed by atoms with Crippen molar-refractivity contribution in [3.63, 3.8) is 0 Å². The van der Waals surface area contributed by atoms with Crippen molar-refractivity contribution in [3.8, 4) is 0 Å². The van der Waals surface area contributed by atoms with Gasteiger partial charge in [-0.2, -0.15) is 0 Å². The van der Waals surface area contributed by atoms with Crippen LogP contribution in [0.1, 0.15) is 42.8 Å². The second-order valence-electron chi connectivity index (χ2n) is 7.41. The Bertz CT molecular complexity index is 1380. The number of rotatable bonds is 4. The smallest absolute Gasteiger partial charge is 0.178 e. The van der Waals surface area contributed by atoms with Gasteiger partial charge < -0.3 is 19.6 Å². The SMILES string of the molecule is [2H]C([2H])(C)N1c2nccnc2N(c2cccc(N3c4nccnc4N(C([2H])([2H])C([2H])([2H])[2H])[C@H]3C)c2C)[C@H]1C. The molecule has 0 saturated carbocycles. The molecule has 8 nitrogen and oxygen atoms in total. The molecule has 0 bridgehead atoms. The number of benzene rings is 1. The predicted octanol–water partition coefficient (Wildman–Crippen LogP) is 4.22.